The van der Waals surface area contributed by atoms with Gasteiger partial charge in [0.1, 0.15) is 0 Å². The predicted molar refractivity (Wildman–Crippen MR) is 80.9 cm³/mol. The lowest BCUT2D eigenvalue weighted by Gasteiger charge is -2.42. The van der Waals surface area contributed by atoms with Crippen molar-refractivity contribution < 1.29 is 0 Å². The quantitative estimate of drug-likeness (QED) is 0.523. The SMILES string of the molecule is CCC1(CCC2(CC)CCCCC2)CCCCC1. The van der Waals surface area contributed by atoms with E-state index < -0.39 is 0 Å². The van der Waals surface area contributed by atoms with Crippen molar-refractivity contribution in [2.24, 2.45) is 10.8 Å². The number of rotatable bonds is 5. The van der Waals surface area contributed by atoms with E-state index in [1.807, 2.05) is 0 Å². The van der Waals surface area contributed by atoms with Crippen molar-refractivity contribution in [1.82, 2.24) is 0 Å². The zero-order valence-electron chi connectivity index (χ0n) is 12.9. The second kappa shape index (κ2) is 6.44. The van der Waals surface area contributed by atoms with Gasteiger partial charge in [-0.1, -0.05) is 65.2 Å². The fourth-order valence-corrected chi connectivity index (χ4v) is 4.69. The highest BCUT2D eigenvalue weighted by Crippen LogP contribution is 2.49. The Labute approximate surface area is 115 Å². The van der Waals surface area contributed by atoms with Crippen LogP contribution in [0.2, 0.25) is 0 Å². The molecule has 0 unspecified atom stereocenters. The Bertz CT molecular complexity index is 202. The van der Waals surface area contributed by atoms with Gasteiger partial charge in [-0.25, -0.2) is 0 Å². The summed E-state index contributed by atoms with van der Waals surface area (Å²) in [6, 6.07) is 0. The second-order valence-electron chi connectivity index (χ2n) is 7.33. The van der Waals surface area contributed by atoms with Crippen molar-refractivity contribution in [3.8, 4) is 0 Å². The summed E-state index contributed by atoms with van der Waals surface area (Å²) in [5.74, 6) is 0. The summed E-state index contributed by atoms with van der Waals surface area (Å²) in [5.41, 5.74) is 1.50. The molecule has 0 N–H and O–H groups in total. The van der Waals surface area contributed by atoms with Crippen molar-refractivity contribution >= 4 is 0 Å². The molecule has 0 spiro atoms. The maximum atomic E-state index is 2.45. The predicted octanol–water partition coefficient (Wildman–Crippen LogP) is 6.49. The third kappa shape index (κ3) is 3.31. The van der Waals surface area contributed by atoms with E-state index in [2.05, 4.69) is 13.8 Å². The van der Waals surface area contributed by atoms with Crippen molar-refractivity contribution in [3.05, 3.63) is 0 Å². The van der Waals surface area contributed by atoms with Crippen LogP contribution in [0.4, 0.5) is 0 Å². The van der Waals surface area contributed by atoms with Crippen molar-refractivity contribution in [1.29, 1.82) is 0 Å². The molecule has 0 amide bonds. The highest BCUT2D eigenvalue weighted by molar-refractivity contribution is 4.87. The van der Waals surface area contributed by atoms with Crippen molar-refractivity contribution in [2.75, 3.05) is 0 Å². The highest BCUT2D eigenvalue weighted by Gasteiger charge is 2.35. The molecule has 0 bridgehead atoms. The van der Waals surface area contributed by atoms with E-state index in [4.69, 9.17) is 0 Å². The molecule has 0 aromatic carbocycles. The molecule has 2 saturated carbocycles. The van der Waals surface area contributed by atoms with Crippen LogP contribution in [0.1, 0.15) is 104 Å². The smallest absolute Gasteiger partial charge is 0.0300 e. The van der Waals surface area contributed by atoms with Gasteiger partial charge >= 0.3 is 0 Å². The molecule has 0 aromatic rings. The van der Waals surface area contributed by atoms with Gasteiger partial charge in [-0.05, 0) is 49.4 Å². The van der Waals surface area contributed by atoms with Gasteiger partial charge in [-0.3, -0.25) is 0 Å². The van der Waals surface area contributed by atoms with E-state index in [1.165, 1.54) is 89.9 Å². The monoisotopic (exact) mass is 250 g/mol. The molecular weight excluding hydrogens is 216 g/mol. The van der Waals surface area contributed by atoms with Gasteiger partial charge in [0.2, 0.25) is 0 Å². The lowest BCUT2D eigenvalue weighted by atomic mass is 9.63. The van der Waals surface area contributed by atoms with Crippen LogP contribution in [0.25, 0.3) is 0 Å². The van der Waals surface area contributed by atoms with Crippen LogP contribution in [-0.2, 0) is 0 Å². The number of hydrogen-bond donors (Lipinski definition) is 0. The fourth-order valence-electron chi connectivity index (χ4n) is 4.69. The van der Waals surface area contributed by atoms with E-state index in [0.29, 0.717) is 0 Å². The molecule has 2 aliphatic carbocycles. The van der Waals surface area contributed by atoms with E-state index in [0.717, 1.165) is 10.8 Å². The molecule has 0 heteroatoms. The molecule has 0 radical (unpaired) electrons. The van der Waals surface area contributed by atoms with Crippen LogP contribution in [-0.4, -0.2) is 0 Å². The summed E-state index contributed by atoms with van der Waals surface area (Å²) in [6.07, 6.45) is 21.1. The minimum absolute atomic E-state index is 0.748. The molecule has 0 aliphatic heterocycles. The molecule has 0 aromatic heterocycles. The van der Waals surface area contributed by atoms with Gasteiger partial charge in [0.25, 0.3) is 0 Å². The van der Waals surface area contributed by atoms with Gasteiger partial charge in [0, 0.05) is 0 Å². The Morgan fingerprint density at radius 2 is 0.889 bits per heavy atom. The zero-order chi connectivity index (χ0) is 12.9. The first-order chi connectivity index (χ1) is 8.74. The maximum Gasteiger partial charge on any atom is -0.0300 e. The molecule has 106 valence electrons. The topological polar surface area (TPSA) is 0 Å². The Morgan fingerprint density at radius 1 is 0.556 bits per heavy atom. The van der Waals surface area contributed by atoms with Crippen LogP contribution in [0.3, 0.4) is 0 Å². The lowest BCUT2D eigenvalue weighted by molar-refractivity contribution is 0.0959. The van der Waals surface area contributed by atoms with E-state index in [9.17, 15) is 0 Å². The Hall–Kier alpha value is 0. The normalized spacial score (nSPS) is 27.0. The third-order valence-electron chi connectivity index (χ3n) is 6.51. The van der Waals surface area contributed by atoms with E-state index in [-0.39, 0.29) is 0 Å². The van der Waals surface area contributed by atoms with Crippen LogP contribution >= 0.6 is 0 Å². The molecule has 0 heterocycles. The van der Waals surface area contributed by atoms with Gasteiger partial charge in [0.05, 0.1) is 0 Å². The fraction of sp³-hybridized carbons (Fsp3) is 1.00. The Balaban J connectivity index is 1.91. The first-order valence-electron chi connectivity index (χ1n) is 8.74. The van der Waals surface area contributed by atoms with Gasteiger partial charge in [0.15, 0.2) is 0 Å². The maximum absolute atomic E-state index is 2.45. The van der Waals surface area contributed by atoms with E-state index in [1.54, 1.807) is 0 Å². The highest BCUT2D eigenvalue weighted by atomic mass is 14.4. The molecule has 2 aliphatic rings. The molecule has 2 rings (SSSR count). The Kier molecular flexibility index (Phi) is 5.15. The molecule has 18 heavy (non-hydrogen) atoms. The number of hydrogen-bond acceptors (Lipinski definition) is 0. The molecular formula is C18H34. The minimum Gasteiger partial charge on any atom is -0.0649 e. The molecule has 0 saturated heterocycles. The third-order valence-corrected chi connectivity index (χ3v) is 6.51. The van der Waals surface area contributed by atoms with Crippen molar-refractivity contribution in [3.63, 3.8) is 0 Å². The van der Waals surface area contributed by atoms with Gasteiger partial charge in [-0.2, -0.15) is 0 Å². The molecule has 0 atom stereocenters. The molecule has 0 nitrogen and oxygen atoms in total. The molecule has 2 fully saturated rings. The van der Waals surface area contributed by atoms with Crippen LogP contribution < -0.4 is 0 Å². The summed E-state index contributed by atoms with van der Waals surface area (Å²) < 4.78 is 0. The summed E-state index contributed by atoms with van der Waals surface area (Å²) in [6.45, 7) is 4.90. The lowest BCUT2D eigenvalue weighted by Crippen LogP contribution is -2.29. The van der Waals surface area contributed by atoms with E-state index >= 15 is 0 Å². The summed E-state index contributed by atoms with van der Waals surface area (Å²) in [4.78, 5) is 0. The standard InChI is InChI=1S/C18H34/c1-3-17(11-7-5-8-12-17)15-16-18(4-2)13-9-6-10-14-18/h3-16H2,1-2H3. The van der Waals surface area contributed by atoms with Crippen LogP contribution in [0, 0.1) is 10.8 Å². The first-order valence-corrected chi connectivity index (χ1v) is 8.74. The minimum atomic E-state index is 0.748. The average Bonchev–Trinajstić information content (AvgIpc) is 2.47. The average molecular weight is 250 g/mol. The Morgan fingerprint density at radius 3 is 1.17 bits per heavy atom. The first kappa shape index (κ1) is 14.4. The van der Waals surface area contributed by atoms with Gasteiger partial charge < -0.3 is 0 Å². The second-order valence-corrected chi connectivity index (χ2v) is 7.33. The largest absolute Gasteiger partial charge is 0.0649 e. The summed E-state index contributed by atoms with van der Waals surface area (Å²) in [7, 11) is 0. The van der Waals surface area contributed by atoms with Gasteiger partial charge in [-0.15, -0.1) is 0 Å². The van der Waals surface area contributed by atoms with Crippen LogP contribution in [0.15, 0.2) is 0 Å². The zero-order valence-corrected chi connectivity index (χ0v) is 12.9. The van der Waals surface area contributed by atoms with Crippen molar-refractivity contribution in [2.45, 2.75) is 104 Å². The summed E-state index contributed by atoms with van der Waals surface area (Å²) in [5, 5.41) is 0. The van der Waals surface area contributed by atoms with Crippen LogP contribution in [0.5, 0.6) is 0 Å². The summed E-state index contributed by atoms with van der Waals surface area (Å²) >= 11 is 0.